The topological polar surface area (TPSA) is 104 Å². The van der Waals surface area contributed by atoms with Gasteiger partial charge in [-0.1, -0.05) is 30.3 Å². The van der Waals surface area contributed by atoms with Crippen LogP contribution in [0.3, 0.4) is 0 Å². The monoisotopic (exact) mass is 427 g/mol. The van der Waals surface area contributed by atoms with Crippen LogP contribution in [0.15, 0.2) is 48.7 Å². The molecule has 0 spiro atoms. The largest absolute Gasteiger partial charge is 0.494 e. The zero-order valence-corrected chi connectivity index (χ0v) is 17.7. The van der Waals surface area contributed by atoms with E-state index in [1.165, 1.54) is 0 Å². The first kappa shape index (κ1) is 21.8. The van der Waals surface area contributed by atoms with E-state index >= 15 is 0 Å². The number of rotatable bonds is 6. The van der Waals surface area contributed by atoms with Crippen molar-refractivity contribution in [3.8, 4) is 5.75 Å². The fourth-order valence-corrected chi connectivity index (χ4v) is 4.31. The van der Waals surface area contributed by atoms with Gasteiger partial charge in [-0.05, 0) is 49.1 Å². The lowest BCUT2D eigenvalue weighted by molar-refractivity contribution is -0.250. The van der Waals surface area contributed by atoms with Gasteiger partial charge in [0.1, 0.15) is 30.2 Å². The van der Waals surface area contributed by atoms with Gasteiger partial charge in [0.2, 0.25) is 0 Å². The molecule has 0 aliphatic carbocycles. The molecule has 0 bridgehead atoms. The molecule has 2 heterocycles. The van der Waals surface area contributed by atoms with Crippen LogP contribution >= 0.6 is 0 Å². The van der Waals surface area contributed by atoms with E-state index in [9.17, 15) is 20.4 Å². The first-order valence-electron chi connectivity index (χ1n) is 10.6. The van der Waals surface area contributed by atoms with Gasteiger partial charge in [0.25, 0.3) is 0 Å². The molecule has 31 heavy (non-hydrogen) atoms. The minimum absolute atomic E-state index is 0.460. The molecule has 1 saturated heterocycles. The maximum Gasteiger partial charge on any atom is 0.163 e. The molecule has 7 nitrogen and oxygen atoms in total. The van der Waals surface area contributed by atoms with Gasteiger partial charge in [0.05, 0.1) is 18.7 Å². The van der Waals surface area contributed by atoms with Gasteiger partial charge < -0.3 is 34.5 Å². The highest BCUT2D eigenvalue weighted by molar-refractivity contribution is 5.87. The van der Waals surface area contributed by atoms with Gasteiger partial charge in [-0.25, -0.2) is 0 Å². The van der Waals surface area contributed by atoms with Crippen molar-refractivity contribution in [3.63, 3.8) is 0 Å². The minimum atomic E-state index is -1.42. The van der Waals surface area contributed by atoms with Crippen molar-refractivity contribution in [2.75, 3.05) is 13.2 Å². The molecule has 7 heteroatoms. The van der Waals surface area contributed by atoms with E-state index in [4.69, 9.17) is 9.47 Å². The summed E-state index contributed by atoms with van der Waals surface area (Å²) in [7, 11) is 0. The van der Waals surface area contributed by atoms with Gasteiger partial charge in [0, 0.05) is 11.6 Å². The Bertz CT molecular complexity index is 1030. The van der Waals surface area contributed by atoms with E-state index in [0.29, 0.717) is 13.0 Å². The molecule has 0 radical (unpaired) electrons. The Morgan fingerprint density at radius 2 is 1.74 bits per heavy atom. The van der Waals surface area contributed by atoms with Crippen LogP contribution in [0.25, 0.3) is 10.9 Å². The number of benzene rings is 2. The third-order valence-electron chi connectivity index (χ3n) is 5.91. The van der Waals surface area contributed by atoms with Crippen molar-refractivity contribution >= 4 is 10.9 Å². The van der Waals surface area contributed by atoms with Crippen LogP contribution in [0.2, 0.25) is 0 Å². The fourth-order valence-electron chi connectivity index (χ4n) is 4.31. The lowest BCUT2D eigenvalue weighted by atomic mass is 9.98. The fraction of sp³-hybridized carbons (Fsp3) is 0.417. The second-order valence-corrected chi connectivity index (χ2v) is 8.01. The van der Waals surface area contributed by atoms with Crippen molar-refractivity contribution in [2.45, 2.75) is 50.9 Å². The SMILES string of the molecule is CCOc1ccc(Cc2cn([C@@H]3O[C@H](CO)[C@@H](O)[C@H](O)[C@H]3O)c3c(C)cccc23)cc1. The highest BCUT2D eigenvalue weighted by Crippen LogP contribution is 2.35. The number of hydrogen-bond acceptors (Lipinski definition) is 6. The summed E-state index contributed by atoms with van der Waals surface area (Å²) in [6.45, 7) is 4.08. The van der Waals surface area contributed by atoms with Crippen LogP contribution in [-0.4, -0.2) is 62.6 Å². The van der Waals surface area contributed by atoms with Gasteiger partial charge in [-0.15, -0.1) is 0 Å². The maximum atomic E-state index is 10.7. The van der Waals surface area contributed by atoms with Crippen molar-refractivity contribution in [3.05, 3.63) is 65.4 Å². The third kappa shape index (κ3) is 4.07. The van der Waals surface area contributed by atoms with Crippen molar-refractivity contribution in [1.82, 2.24) is 4.57 Å². The van der Waals surface area contributed by atoms with E-state index in [2.05, 4.69) is 0 Å². The molecule has 1 fully saturated rings. The molecule has 4 rings (SSSR count). The number of ether oxygens (including phenoxy) is 2. The van der Waals surface area contributed by atoms with E-state index < -0.39 is 37.3 Å². The molecule has 2 aromatic carbocycles. The van der Waals surface area contributed by atoms with Crippen molar-refractivity contribution in [2.24, 2.45) is 0 Å². The molecule has 4 N–H and O–H groups in total. The number of fused-ring (bicyclic) bond motifs is 1. The van der Waals surface area contributed by atoms with Crippen LogP contribution in [0.5, 0.6) is 5.75 Å². The first-order valence-corrected chi connectivity index (χ1v) is 10.6. The number of hydrogen-bond donors (Lipinski definition) is 4. The average Bonchev–Trinajstić information content (AvgIpc) is 3.13. The summed E-state index contributed by atoms with van der Waals surface area (Å²) in [6, 6.07) is 13.9. The number of aliphatic hydroxyl groups is 4. The molecule has 3 aromatic rings. The van der Waals surface area contributed by atoms with Crippen LogP contribution < -0.4 is 4.74 Å². The Labute approximate surface area is 181 Å². The summed E-state index contributed by atoms with van der Waals surface area (Å²) in [5.74, 6) is 0.825. The predicted octanol–water partition coefficient (Wildman–Crippen LogP) is 1.91. The van der Waals surface area contributed by atoms with Gasteiger partial charge in [0.15, 0.2) is 6.23 Å². The first-order chi connectivity index (χ1) is 14.9. The molecule has 166 valence electrons. The number of aryl methyl sites for hydroxylation is 1. The van der Waals surface area contributed by atoms with Crippen LogP contribution in [-0.2, 0) is 11.2 Å². The van der Waals surface area contributed by atoms with Crippen molar-refractivity contribution in [1.29, 1.82) is 0 Å². The maximum absolute atomic E-state index is 10.7. The van der Waals surface area contributed by atoms with E-state index in [0.717, 1.165) is 33.3 Å². The zero-order chi connectivity index (χ0) is 22.1. The Morgan fingerprint density at radius 3 is 2.42 bits per heavy atom. The number of aliphatic hydroxyl groups excluding tert-OH is 4. The second kappa shape index (κ2) is 8.98. The van der Waals surface area contributed by atoms with E-state index in [1.54, 1.807) is 4.57 Å². The lowest BCUT2D eigenvalue weighted by Gasteiger charge is -2.40. The Kier molecular flexibility index (Phi) is 6.31. The number of para-hydroxylation sites is 1. The normalized spacial score (nSPS) is 26.3. The highest BCUT2D eigenvalue weighted by atomic mass is 16.6. The molecule has 5 atom stereocenters. The summed E-state index contributed by atoms with van der Waals surface area (Å²) in [5.41, 5.74) is 4.03. The van der Waals surface area contributed by atoms with Gasteiger partial charge >= 0.3 is 0 Å². The minimum Gasteiger partial charge on any atom is -0.494 e. The average molecular weight is 427 g/mol. The molecule has 1 aliphatic rings. The van der Waals surface area contributed by atoms with Gasteiger partial charge in [-0.3, -0.25) is 0 Å². The summed E-state index contributed by atoms with van der Waals surface area (Å²) < 4.78 is 13.1. The Morgan fingerprint density at radius 1 is 1.00 bits per heavy atom. The quantitative estimate of drug-likeness (QED) is 0.479. The summed E-state index contributed by atoms with van der Waals surface area (Å²) in [6.07, 6.45) is -3.47. The summed E-state index contributed by atoms with van der Waals surface area (Å²) in [5, 5.41) is 41.6. The third-order valence-corrected chi connectivity index (χ3v) is 5.91. The Hall–Kier alpha value is -2.42. The molecule has 1 aliphatic heterocycles. The van der Waals surface area contributed by atoms with E-state index in [1.807, 2.05) is 62.5 Å². The van der Waals surface area contributed by atoms with Crippen LogP contribution in [0.4, 0.5) is 0 Å². The number of aromatic nitrogens is 1. The molecule has 0 unspecified atom stereocenters. The zero-order valence-electron chi connectivity index (χ0n) is 17.7. The molecular formula is C24H29NO6. The van der Waals surface area contributed by atoms with Gasteiger partial charge in [-0.2, -0.15) is 0 Å². The predicted molar refractivity (Wildman–Crippen MR) is 116 cm³/mol. The van der Waals surface area contributed by atoms with Crippen molar-refractivity contribution < 1.29 is 29.9 Å². The van der Waals surface area contributed by atoms with Crippen LogP contribution in [0, 0.1) is 6.92 Å². The van der Waals surface area contributed by atoms with Crippen LogP contribution in [0.1, 0.15) is 29.8 Å². The smallest absolute Gasteiger partial charge is 0.163 e. The Balaban J connectivity index is 1.73. The molecular weight excluding hydrogens is 398 g/mol. The molecule has 0 amide bonds. The standard InChI is InChI=1S/C24H29NO6/c1-3-30-17-9-7-15(8-10-17)11-16-12-25(20-14(2)5-4-6-18(16)20)24-23(29)22(28)21(27)19(13-26)31-24/h4-10,12,19,21-24,26-29H,3,11,13H2,1-2H3/t19-,21-,22+,23-,24-/m1/s1. The van der Waals surface area contributed by atoms with E-state index in [-0.39, 0.29) is 0 Å². The highest BCUT2D eigenvalue weighted by Gasteiger charge is 2.44. The second-order valence-electron chi connectivity index (χ2n) is 8.01. The number of nitrogens with zero attached hydrogens (tertiary/aromatic N) is 1. The molecule has 0 saturated carbocycles. The summed E-state index contributed by atoms with van der Waals surface area (Å²) in [4.78, 5) is 0. The molecule has 1 aromatic heterocycles. The lowest BCUT2D eigenvalue weighted by Crippen LogP contribution is -2.56. The summed E-state index contributed by atoms with van der Waals surface area (Å²) >= 11 is 0.